The summed E-state index contributed by atoms with van der Waals surface area (Å²) in [6.07, 6.45) is 24.1. The number of likely N-dealkylation sites (tertiary alicyclic amines) is 3. The largest absolute Gasteiger partial charge is 0.497 e. The van der Waals surface area contributed by atoms with Gasteiger partial charge in [0, 0.05) is 217 Å². The lowest BCUT2D eigenvalue weighted by Crippen LogP contribution is -2.51. The molecule has 9 aliphatic heterocycles. The van der Waals surface area contributed by atoms with Gasteiger partial charge in [-0.3, -0.25) is 28.8 Å². The van der Waals surface area contributed by atoms with Crippen LogP contribution in [0.2, 0.25) is 0 Å². The van der Waals surface area contributed by atoms with E-state index in [-0.39, 0.29) is 58.2 Å². The minimum absolute atomic E-state index is 0.0701. The van der Waals surface area contributed by atoms with Crippen LogP contribution in [-0.2, 0) is 64.6 Å². The van der Waals surface area contributed by atoms with E-state index in [1.165, 1.54) is 133 Å². The van der Waals surface area contributed by atoms with Crippen LogP contribution in [0.3, 0.4) is 0 Å². The molecule has 140 heavy (non-hydrogen) atoms. The van der Waals surface area contributed by atoms with Crippen LogP contribution >= 0.6 is 0 Å². The summed E-state index contributed by atoms with van der Waals surface area (Å²) in [5.74, 6) is 4.40. The Labute approximate surface area is 821 Å². The molecule has 12 fully saturated rings. The topological polar surface area (TPSA) is 339 Å². The van der Waals surface area contributed by atoms with Crippen molar-refractivity contribution in [3.63, 3.8) is 0 Å². The maximum atomic E-state index is 14.9. The third kappa shape index (κ3) is 16.2. The van der Waals surface area contributed by atoms with Crippen LogP contribution in [0.25, 0.3) is 66.5 Å². The predicted molar refractivity (Wildman–Crippen MR) is 537 cm³/mol. The Morgan fingerprint density at radius 2 is 0.721 bits per heavy atom. The molecule has 8 unspecified atom stereocenters. The van der Waals surface area contributed by atoms with Crippen LogP contribution in [0.15, 0.2) is 109 Å². The van der Waals surface area contributed by atoms with E-state index in [1.54, 1.807) is 39.5 Å². The molecule has 6 amide bonds. The van der Waals surface area contributed by atoms with Gasteiger partial charge in [-0.15, -0.1) is 0 Å². The molecule has 0 radical (unpaired) electrons. The fourth-order valence-corrected chi connectivity index (χ4v) is 29.1. The van der Waals surface area contributed by atoms with Gasteiger partial charge in [0.1, 0.15) is 17.2 Å². The highest BCUT2D eigenvalue weighted by atomic mass is 32.2. The molecule has 744 valence electrons. The molecule has 3 aromatic heterocycles. The van der Waals surface area contributed by atoms with Crippen LogP contribution in [0.5, 0.6) is 17.2 Å². The monoisotopic (exact) mass is 1960 g/mol. The van der Waals surface area contributed by atoms with Gasteiger partial charge in [0.2, 0.25) is 17.7 Å². The number of carbonyl (C=O) groups excluding carboxylic acids is 6. The van der Waals surface area contributed by atoms with Crippen molar-refractivity contribution in [3.8, 4) is 51.0 Å². The number of piperidine rings is 2. The van der Waals surface area contributed by atoms with Crippen LogP contribution in [-0.4, -0.2) is 243 Å². The smallest absolute Gasteiger partial charge is 0.303 e. The summed E-state index contributed by atoms with van der Waals surface area (Å²) in [6, 6.07) is 36.3. The third-order valence-electron chi connectivity index (χ3n) is 35.2. The van der Waals surface area contributed by atoms with Crippen molar-refractivity contribution < 1.29 is 68.2 Å². The molecule has 15 aliphatic rings. The average Bonchev–Trinajstić information content (AvgIpc) is 1.52. The van der Waals surface area contributed by atoms with E-state index in [0.29, 0.717) is 67.1 Å². The first-order chi connectivity index (χ1) is 67.3. The molecule has 12 heterocycles. The molecule has 33 heteroatoms. The number of nitrogens with one attached hydrogen (secondary N) is 6. The number of nitrogens with zero attached hydrogens (tertiary/aromatic N) is 9. The van der Waals surface area contributed by atoms with Crippen molar-refractivity contribution in [2.45, 2.75) is 208 Å². The second-order valence-electron chi connectivity index (χ2n) is 43.7. The highest BCUT2D eigenvalue weighted by Crippen LogP contribution is 2.70. The van der Waals surface area contributed by atoms with Crippen molar-refractivity contribution in [1.82, 2.24) is 71.4 Å². The zero-order chi connectivity index (χ0) is 97.3. The molecule has 24 rings (SSSR count). The fraction of sp³-hybridized carbons (Fsp3) is 0.551. The molecule has 6 aliphatic carbocycles. The van der Waals surface area contributed by atoms with E-state index in [2.05, 4.69) is 94.9 Å². The molecule has 9 aromatic rings. The first-order valence-electron chi connectivity index (χ1n) is 51.2. The Morgan fingerprint density at radius 3 is 1.09 bits per heavy atom. The number of rotatable bonds is 18. The van der Waals surface area contributed by atoms with Gasteiger partial charge in [-0.05, 0) is 256 Å². The normalized spacial score (nSPS) is 27.1. The molecular weight excluding hydrogens is 1830 g/mol. The molecule has 6 saturated carbocycles. The number of hydrogen-bond acceptors (Lipinski definition) is 18. The number of aromatic nitrogens is 3. The van der Waals surface area contributed by atoms with Crippen molar-refractivity contribution in [1.29, 1.82) is 0 Å². The standard InChI is InChI=1S/2C36H45N5O5S.C35H43N5O5S/c1-39(2)47(44,45)38-34(42)23-11-13-27-31(16-23)41-21-36(35(43)40-19-24-10-7-15-37-30(24)20-40)18-29(36)28-17-25(46-3)12-14-26(28)33(41)32(27)22-8-5-4-6-9-22;1-39(2)47(44,45)38-34(42)23-11-13-27-30(16-23)41-21-36(35(43)40-15-7-10-24-19-37-20-31(24)40)18-29(36)28-17-25(46-3)12-14-26(28)33(41)32(27)22-8-5-4-6-9-22;1-38(2)46(43,44)37-33(41)22-9-11-27-30(13-22)40-20-35(34(42)39-18-23-16-36-17-24(23)19-39)15-29(35)28-14-25(45-3)10-12-26(28)32(40)31(27)21-7-5-4-6-8-21/h11-14,16-17,22,24,29-30,37H,4-10,15,18-21H2,1-3H3,(H,38,42);11-14,16-17,22,24,29,31,37H,4-10,15,18-21H2,1-3H3,(H,38,42);9-14,21,23-24,29,36H,4-8,15-20H2,1-3H3,(H,37,41)/t;24-,29?,31+,36?;23-,24+,29?,35?/m.0./s1. The number of hydrogen-bond donors (Lipinski definition) is 6. The number of fused-ring (bicyclic) bond motifs is 24. The van der Waals surface area contributed by atoms with Crippen molar-refractivity contribution in [2.24, 2.45) is 39.9 Å². The predicted octanol–water partition coefficient (Wildman–Crippen LogP) is 13.3. The maximum absolute atomic E-state index is 14.9. The van der Waals surface area contributed by atoms with Gasteiger partial charge in [-0.25, -0.2) is 14.2 Å². The van der Waals surface area contributed by atoms with Gasteiger partial charge in [0.05, 0.1) is 54.7 Å². The molecule has 6 aromatic carbocycles. The number of ether oxygens (including phenoxy) is 3. The van der Waals surface area contributed by atoms with Crippen molar-refractivity contribution in [2.75, 3.05) is 129 Å². The maximum Gasteiger partial charge on any atom is 0.303 e. The van der Waals surface area contributed by atoms with E-state index in [9.17, 15) is 54.0 Å². The summed E-state index contributed by atoms with van der Waals surface area (Å²) in [4.78, 5) is 90.9. The lowest BCUT2D eigenvalue weighted by molar-refractivity contribution is -0.142. The summed E-state index contributed by atoms with van der Waals surface area (Å²) < 4.78 is 109. The van der Waals surface area contributed by atoms with Crippen LogP contribution in [0.4, 0.5) is 0 Å². The Balaban J connectivity index is 0.000000121. The Bertz CT molecular complexity index is 6880. The van der Waals surface area contributed by atoms with Crippen LogP contribution < -0.4 is 44.3 Å². The molecule has 30 nitrogen and oxygen atoms in total. The number of methoxy groups -OCH3 is 3. The van der Waals surface area contributed by atoms with Gasteiger partial charge in [0.25, 0.3) is 17.7 Å². The molecule has 6 N–H and O–H groups in total. The molecule has 6 saturated heterocycles. The fourth-order valence-electron chi connectivity index (χ4n) is 27.5. The second-order valence-corrected chi connectivity index (χ2v) is 49.3. The molecular formula is C107H133N15O15S3. The van der Waals surface area contributed by atoms with E-state index >= 15 is 0 Å². The van der Waals surface area contributed by atoms with E-state index in [1.807, 2.05) is 54.6 Å². The number of amides is 6. The zero-order valence-electron chi connectivity index (χ0n) is 81.9. The highest BCUT2D eigenvalue weighted by molar-refractivity contribution is 7.88. The number of carbonyl (C=O) groups is 6. The van der Waals surface area contributed by atoms with Crippen LogP contribution in [0, 0.1) is 39.9 Å². The summed E-state index contributed by atoms with van der Waals surface area (Å²) in [5, 5.41) is 13.9. The highest BCUT2D eigenvalue weighted by Gasteiger charge is 2.68. The summed E-state index contributed by atoms with van der Waals surface area (Å²) in [7, 11) is 1.53. The molecule has 0 bridgehead atoms. The van der Waals surface area contributed by atoms with E-state index in [0.717, 1.165) is 246 Å². The van der Waals surface area contributed by atoms with Crippen molar-refractivity contribution in [3.05, 3.63) is 159 Å². The number of benzene rings is 6. The third-order valence-corrected chi connectivity index (χ3v) is 39.5. The van der Waals surface area contributed by atoms with Gasteiger partial charge in [0.15, 0.2) is 0 Å². The molecule has 0 spiro atoms. The van der Waals surface area contributed by atoms with Gasteiger partial charge in [-0.2, -0.15) is 38.2 Å². The average molecular weight is 1970 g/mol. The quantitative estimate of drug-likeness (QED) is 0.0465. The summed E-state index contributed by atoms with van der Waals surface area (Å²) in [6.45, 7) is 10.3. The Morgan fingerprint density at radius 1 is 0.379 bits per heavy atom. The summed E-state index contributed by atoms with van der Waals surface area (Å²) in [5.41, 5.74) is 15.9. The van der Waals surface area contributed by atoms with E-state index in [4.69, 9.17) is 14.2 Å². The van der Waals surface area contributed by atoms with Crippen LogP contribution in [0.1, 0.15) is 241 Å². The minimum atomic E-state index is -3.96. The van der Waals surface area contributed by atoms with Gasteiger partial charge < -0.3 is 58.6 Å². The first-order valence-corrected chi connectivity index (χ1v) is 55.5. The van der Waals surface area contributed by atoms with E-state index < -0.39 is 64.6 Å². The Kier molecular flexibility index (Phi) is 24.5. The lowest BCUT2D eigenvalue weighted by Gasteiger charge is -2.39. The van der Waals surface area contributed by atoms with Gasteiger partial charge >= 0.3 is 30.6 Å². The SMILES string of the molecule is COc1ccc2c(c1)C1CC1(C(=O)N1CC3CCCNC3C1)Cn1c-2c(C2CCCCC2)c2ccc(C(=O)NS(=O)(=O)N(C)C)cc21.COc1ccc2c(c1)C1CC1(C(=O)N1CCC[C@H]3CNC[C@H]31)Cn1c-2c(C2CCCCC2)c2ccc(C(=O)NS(=O)(=O)N(C)C)cc21.COc1ccc2c(c1)C1CC1(C(=O)N1C[C@H]3CNC[C@H]3C1)Cn1c-2c(C2CCCCC2)c2ccc(C(=O)NS(=O)(=O)N(C)C)cc21. The second kappa shape index (κ2) is 36.3. The van der Waals surface area contributed by atoms with Crippen molar-refractivity contribution >= 4 is 98.8 Å². The lowest BCUT2D eigenvalue weighted by atomic mass is 9.81. The van der Waals surface area contributed by atoms with Gasteiger partial charge in [-0.1, -0.05) is 76.0 Å². The summed E-state index contributed by atoms with van der Waals surface area (Å²) >= 11 is 0. The minimum Gasteiger partial charge on any atom is -0.497 e. The first kappa shape index (κ1) is 94.7. The Hall–Kier alpha value is -10.2. The molecule has 12 atom stereocenters. The zero-order valence-corrected chi connectivity index (χ0v) is 84.4.